The Balaban J connectivity index is 3.25. The number of aliphatic hydroxyl groups excluding tert-OH is 1. The maximum absolute atomic E-state index is 11.5. The third-order valence-corrected chi connectivity index (χ3v) is 2.70. The van der Waals surface area contributed by atoms with E-state index in [2.05, 4.69) is 0 Å². The predicted molar refractivity (Wildman–Crippen MR) is 64.5 cm³/mol. The van der Waals surface area contributed by atoms with Gasteiger partial charge < -0.3 is 14.6 Å². The molecule has 0 fully saturated rings. The van der Waals surface area contributed by atoms with Gasteiger partial charge in [0.15, 0.2) is 5.78 Å². The second-order valence-corrected chi connectivity index (χ2v) is 3.79. The van der Waals surface area contributed by atoms with E-state index in [-0.39, 0.29) is 12.2 Å². The Labute approximate surface area is 101 Å². The van der Waals surface area contributed by atoms with Crippen molar-refractivity contribution in [3.05, 3.63) is 23.3 Å². The summed E-state index contributed by atoms with van der Waals surface area (Å²) in [6, 6.07) is 3.40. The molecule has 0 heterocycles. The molecule has 1 unspecified atom stereocenters. The largest absolute Gasteiger partial charge is 0.496 e. The minimum atomic E-state index is -1.16. The first kappa shape index (κ1) is 13.5. The van der Waals surface area contributed by atoms with Crippen molar-refractivity contribution in [3.8, 4) is 11.5 Å². The van der Waals surface area contributed by atoms with Crippen LogP contribution in [0.5, 0.6) is 11.5 Å². The molecule has 1 aromatic carbocycles. The quantitative estimate of drug-likeness (QED) is 0.852. The highest BCUT2D eigenvalue weighted by Crippen LogP contribution is 2.33. The molecular formula is C13H18O4. The average Bonchev–Trinajstić information content (AvgIpc) is 2.36. The van der Waals surface area contributed by atoms with Gasteiger partial charge in [-0.15, -0.1) is 0 Å². The van der Waals surface area contributed by atoms with Gasteiger partial charge >= 0.3 is 0 Å². The third kappa shape index (κ3) is 2.77. The van der Waals surface area contributed by atoms with Gasteiger partial charge in [0.25, 0.3) is 0 Å². The average molecular weight is 238 g/mol. The fourth-order valence-electron chi connectivity index (χ4n) is 1.65. The fraction of sp³-hybridized carbons (Fsp3) is 0.462. The van der Waals surface area contributed by atoms with Gasteiger partial charge in [-0.25, -0.2) is 0 Å². The zero-order valence-corrected chi connectivity index (χ0v) is 10.6. The summed E-state index contributed by atoms with van der Waals surface area (Å²) >= 11 is 0. The molecule has 4 heteroatoms. The molecule has 0 aliphatic heterocycles. The molecule has 94 valence electrons. The molecule has 0 radical (unpaired) electrons. The van der Waals surface area contributed by atoms with Crippen molar-refractivity contribution in [2.24, 2.45) is 0 Å². The summed E-state index contributed by atoms with van der Waals surface area (Å²) < 4.78 is 10.3. The van der Waals surface area contributed by atoms with Crippen molar-refractivity contribution in [3.63, 3.8) is 0 Å². The lowest BCUT2D eigenvalue weighted by molar-refractivity contribution is -0.127. The number of rotatable bonds is 5. The van der Waals surface area contributed by atoms with E-state index in [0.717, 1.165) is 5.56 Å². The summed E-state index contributed by atoms with van der Waals surface area (Å²) in [5.74, 6) is 0.885. The van der Waals surface area contributed by atoms with E-state index >= 15 is 0 Å². The SMILES string of the molecule is CCC(=O)C(O)c1cc(OC)c(C)cc1OC. The molecule has 1 N–H and O–H groups in total. The molecule has 0 amide bonds. The van der Waals surface area contributed by atoms with Gasteiger partial charge in [-0.2, -0.15) is 0 Å². The van der Waals surface area contributed by atoms with Gasteiger partial charge in [0.05, 0.1) is 14.2 Å². The molecule has 4 nitrogen and oxygen atoms in total. The van der Waals surface area contributed by atoms with E-state index in [1.54, 1.807) is 26.2 Å². The lowest BCUT2D eigenvalue weighted by Gasteiger charge is -2.16. The second-order valence-electron chi connectivity index (χ2n) is 3.79. The van der Waals surface area contributed by atoms with Crippen molar-refractivity contribution < 1.29 is 19.4 Å². The first-order chi connectivity index (χ1) is 8.04. The number of methoxy groups -OCH3 is 2. The predicted octanol–water partition coefficient (Wildman–Crippen LogP) is 2.02. The number of benzene rings is 1. The number of carbonyl (C=O) groups is 1. The molecule has 0 saturated carbocycles. The topological polar surface area (TPSA) is 55.8 Å². The highest BCUT2D eigenvalue weighted by atomic mass is 16.5. The van der Waals surface area contributed by atoms with Gasteiger partial charge in [0.1, 0.15) is 17.6 Å². The smallest absolute Gasteiger partial charge is 0.165 e. The van der Waals surface area contributed by atoms with Gasteiger partial charge in [0, 0.05) is 12.0 Å². The molecular weight excluding hydrogens is 220 g/mol. The molecule has 0 aliphatic carbocycles. The molecule has 0 spiro atoms. The number of hydrogen-bond acceptors (Lipinski definition) is 4. The van der Waals surface area contributed by atoms with Crippen LogP contribution >= 0.6 is 0 Å². The van der Waals surface area contributed by atoms with Crippen molar-refractivity contribution in [2.45, 2.75) is 26.4 Å². The Morgan fingerprint density at radius 2 is 1.88 bits per heavy atom. The molecule has 1 atom stereocenters. The van der Waals surface area contributed by atoms with Crippen LogP contribution in [0.3, 0.4) is 0 Å². The van der Waals surface area contributed by atoms with Crippen molar-refractivity contribution in [1.29, 1.82) is 0 Å². The van der Waals surface area contributed by atoms with Crippen molar-refractivity contribution >= 4 is 5.78 Å². The lowest BCUT2D eigenvalue weighted by Crippen LogP contribution is -2.12. The van der Waals surface area contributed by atoms with Crippen molar-refractivity contribution in [2.75, 3.05) is 14.2 Å². The number of aliphatic hydroxyl groups is 1. The Hall–Kier alpha value is -1.55. The van der Waals surface area contributed by atoms with E-state index in [1.165, 1.54) is 7.11 Å². The van der Waals surface area contributed by atoms with Gasteiger partial charge in [-0.3, -0.25) is 4.79 Å². The van der Waals surface area contributed by atoms with Crippen LogP contribution in [0, 0.1) is 6.92 Å². The summed E-state index contributed by atoms with van der Waals surface area (Å²) in [5.41, 5.74) is 1.34. The van der Waals surface area contributed by atoms with Crippen LogP contribution in [-0.2, 0) is 4.79 Å². The Bertz CT molecular complexity index is 412. The molecule has 0 aromatic heterocycles. The summed E-state index contributed by atoms with van der Waals surface area (Å²) in [7, 11) is 3.06. The third-order valence-electron chi connectivity index (χ3n) is 2.70. The molecule has 0 saturated heterocycles. The summed E-state index contributed by atoms with van der Waals surface area (Å²) in [6.45, 7) is 3.59. The van der Waals surface area contributed by atoms with Crippen LogP contribution in [-0.4, -0.2) is 25.1 Å². The lowest BCUT2D eigenvalue weighted by atomic mass is 10.0. The first-order valence-electron chi connectivity index (χ1n) is 5.48. The van der Waals surface area contributed by atoms with E-state index < -0.39 is 6.10 Å². The van der Waals surface area contributed by atoms with Crippen molar-refractivity contribution in [1.82, 2.24) is 0 Å². The van der Waals surface area contributed by atoms with Crippen LogP contribution < -0.4 is 9.47 Å². The summed E-state index contributed by atoms with van der Waals surface area (Å²) in [6.07, 6.45) is -0.884. The maximum atomic E-state index is 11.5. The summed E-state index contributed by atoms with van der Waals surface area (Å²) in [4.78, 5) is 11.5. The van der Waals surface area contributed by atoms with E-state index in [0.29, 0.717) is 17.1 Å². The van der Waals surface area contributed by atoms with Crippen LogP contribution in [0.2, 0.25) is 0 Å². The minimum Gasteiger partial charge on any atom is -0.496 e. The normalized spacial score (nSPS) is 12.1. The van der Waals surface area contributed by atoms with Gasteiger partial charge in [0.2, 0.25) is 0 Å². The zero-order chi connectivity index (χ0) is 13.0. The maximum Gasteiger partial charge on any atom is 0.165 e. The monoisotopic (exact) mass is 238 g/mol. The molecule has 0 bridgehead atoms. The van der Waals surface area contributed by atoms with E-state index in [4.69, 9.17) is 9.47 Å². The number of aryl methyl sites for hydroxylation is 1. The number of hydrogen-bond donors (Lipinski definition) is 1. The van der Waals surface area contributed by atoms with Gasteiger partial charge in [-0.1, -0.05) is 6.92 Å². The summed E-state index contributed by atoms with van der Waals surface area (Å²) in [5, 5.41) is 9.93. The fourth-order valence-corrected chi connectivity index (χ4v) is 1.65. The van der Waals surface area contributed by atoms with E-state index in [9.17, 15) is 9.90 Å². The molecule has 1 aromatic rings. The highest BCUT2D eigenvalue weighted by Gasteiger charge is 2.21. The van der Waals surface area contributed by atoms with Crippen LogP contribution in [0.25, 0.3) is 0 Å². The Kier molecular flexibility index (Phi) is 4.52. The van der Waals surface area contributed by atoms with E-state index in [1.807, 2.05) is 6.92 Å². The van der Waals surface area contributed by atoms with Crippen LogP contribution in [0.15, 0.2) is 12.1 Å². The number of carbonyl (C=O) groups excluding carboxylic acids is 1. The number of Topliss-reactive ketones (excluding diaryl/α,β-unsaturated/α-hetero) is 1. The minimum absolute atomic E-state index is 0.241. The van der Waals surface area contributed by atoms with Crippen LogP contribution in [0.4, 0.5) is 0 Å². The zero-order valence-electron chi connectivity index (χ0n) is 10.6. The molecule has 1 rings (SSSR count). The highest BCUT2D eigenvalue weighted by molar-refractivity contribution is 5.84. The second kappa shape index (κ2) is 5.68. The van der Waals surface area contributed by atoms with Gasteiger partial charge in [-0.05, 0) is 24.6 Å². The number of ether oxygens (including phenoxy) is 2. The Morgan fingerprint density at radius 1 is 1.29 bits per heavy atom. The first-order valence-corrected chi connectivity index (χ1v) is 5.48. The Morgan fingerprint density at radius 3 is 2.35 bits per heavy atom. The molecule has 17 heavy (non-hydrogen) atoms. The standard InChI is InChI=1S/C13H18O4/c1-5-10(14)13(15)9-7-11(16-3)8(2)6-12(9)17-4/h6-7,13,15H,5H2,1-4H3. The molecule has 0 aliphatic rings. The number of ketones is 1. The van der Waals surface area contributed by atoms with Crippen LogP contribution in [0.1, 0.15) is 30.6 Å².